The fourth-order valence-corrected chi connectivity index (χ4v) is 2.40. The van der Waals surface area contributed by atoms with Crippen molar-refractivity contribution < 1.29 is 4.74 Å². The molecule has 1 aromatic heterocycles. The lowest BCUT2D eigenvalue weighted by Crippen LogP contribution is -2.35. The predicted octanol–water partition coefficient (Wildman–Crippen LogP) is 2.22. The number of rotatable bonds is 8. The van der Waals surface area contributed by atoms with Gasteiger partial charge in [0.15, 0.2) is 0 Å². The normalized spacial score (nSPS) is 13.2. The van der Waals surface area contributed by atoms with Crippen molar-refractivity contribution in [2.45, 2.75) is 45.6 Å². The van der Waals surface area contributed by atoms with Crippen LogP contribution >= 0.6 is 11.5 Å². The van der Waals surface area contributed by atoms with Gasteiger partial charge in [0, 0.05) is 25.5 Å². The minimum absolute atomic E-state index is 0.341. The minimum Gasteiger partial charge on any atom is -0.383 e. The Morgan fingerprint density at radius 1 is 1.41 bits per heavy atom. The Bertz CT molecular complexity index is 314. The summed E-state index contributed by atoms with van der Waals surface area (Å²) in [5.74, 6) is 1.36. The Morgan fingerprint density at radius 3 is 2.71 bits per heavy atom. The summed E-state index contributed by atoms with van der Waals surface area (Å²) in [6.45, 7) is 8.14. The number of hydrogen-bond acceptors (Lipinski definition) is 5. The molecule has 1 N–H and O–H groups in total. The molecule has 1 atom stereocenters. The van der Waals surface area contributed by atoms with Crippen LogP contribution in [0.2, 0.25) is 0 Å². The summed E-state index contributed by atoms with van der Waals surface area (Å²) in [5, 5.41) is 4.57. The Labute approximate surface area is 108 Å². The average Bonchev–Trinajstić information content (AvgIpc) is 2.75. The molecule has 0 radical (unpaired) electrons. The van der Waals surface area contributed by atoms with E-state index in [4.69, 9.17) is 4.74 Å². The molecular weight excluding hydrogens is 234 g/mol. The van der Waals surface area contributed by atoms with Crippen LogP contribution in [0.15, 0.2) is 0 Å². The molecule has 0 bridgehead atoms. The van der Waals surface area contributed by atoms with E-state index >= 15 is 0 Å². The van der Waals surface area contributed by atoms with Crippen LogP contribution in [0.1, 0.15) is 43.9 Å². The molecule has 0 saturated carbocycles. The number of ether oxygens (including phenoxy) is 1. The van der Waals surface area contributed by atoms with Crippen molar-refractivity contribution in [2.24, 2.45) is 0 Å². The number of nitrogens with zero attached hydrogens (tertiary/aromatic N) is 2. The van der Waals surface area contributed by atoms with E-state index in [1.807, 2.05) is 0 Å². The first-order valence-electron chi connectivity index (χ1n) is 6.22. The molecule has 4 nitrogen and oxygen atoms in total. The smallest absolute Gasteiger partial charge is 0.145 e. The van der Waals surface area contributed by atoms with E-state index in [1.165, 1.54) is 11.5 Å². The average molecular weight is 257 g/mol. The highest BCUT2D eigenvalue weighted by atomic mass is 32.1. The number of nitrogens with one attached hydrogen (secondary N) is 1. The molecule has 0 aliphatic carbocycles. The largest absolute Gasteiger partial charge is 0.383 e. The maximum absolute atomic E-state index is 5.22. The number of aromatic nitrogens is 2. The van der Waals surface area contributed by atoms with E-state index in [0.29, 0.717) is 12.0 Å². The van der Waals surface area contributed by atoms with Gasteiger partial charge in [-0.05, 0) is 24.5 Å². The van der Waals surface area contributed by atoms with Gasteiger partial charge in [-0.2, -0.15) is 4.37 Å². The molecule has 98 valence electrons. The lowest BCUT2D eigenvalue weighted by atomic mass is 10.2. The summed E-state index contributed by atoms with van der Waals surface area (Å²) >= 11 is 1.51. The van der Waals surface area contributed by atoms with Crippen LogP contribution in [0.5, 0.6) is 0 Å². The molecule has 0 amide bonds. The summed E-state index contributed by atoms with van der Waals surface area (Å²) < 4.78 is 9.59. The fourth-order valence-electron chi connectivity index (χ4n) is 1.54. The van der Waals surface area contributed by atoms with Gasteiger partial charge in [-0.15, -0.1) is 0 Å². The monoisotopic (exact) mass is 257 g/mol. The van der Waals surface area contributed by atoms with E-state index in [9.17, 15) is 0 Å². The van der Waals surface area contributed by atoms with Crippen LogP contribution in [0.25, 0.3) is 0 Å². The van der Waals surface area contributed by atoms with Crippen LogP contribution < -0.4 is 5.32 Å². The van der Waals surface area contributed by atoms with E-state index < -0.39 is 0 Å². The fraction of sp³-hybridized carbons (Fsp3) is 0.833. The van der Waals surface area contributed by atoms with Crippen molar-refractivity contribution >= 4 is 11.5 Å². The standard InChI is InChI=1S/C12H23N3OS/c1-5-6-13-10(8-16-4)7-11-14-12(9(2)3)15-17-11/h9-10,13H,5-8H2,1-4H3. The molecular formula is C12H23N3OS. The molecule has 0 spiro atoms. The van der Waals surface area contributed by atoms with Crippen molar-refractivity contribution in [1.29, 1.82) is 0 Å². The summed E-state index contributed by atoms with van der Waals surface area (Å²) in [5.41, 5.74) is 0. The lowest BCUT2D eigenvalue weighted by molar-refractivity contribution is 0.166. The van der Waals surface area contributed by atoms with Crippen molar-refractivity contribution in [3.05, 3.63) is 10.8 Å². The van der Waals surface area contributed by atoms with Gasteiger partial charge in [-0.1, -0.05) is 20.8 Å². The molecule has 5 heteroatoms. The molecule has 0 aromatic carbocycles. The zero-order chi connectivity index (χ0) is 12.7. The maximum atomic E-state index is 5.22. The molecule has 0 fully saturated rings. The quantitative estimate of drug-likeness (QED) is 0.775. The molecule has 1 heterocycles. The molecule has 0 aliphatic rings. The van der Waals surface area contributed by atoms with Gasteiger partial charge in [0.1, 0.15) is 10.8 Å². The zero-order valence-electron chi connectivity index (χ0n) is 11.2. The number of methoxy groups -OCH3 is 1. The van der Waals surface area contributed by atoms with Crippen molar-refractivity contribution in [3.8, 4) is 0 Å². The highest BCUT2D eigenvalue weighted by Crippen LogP contribution is 2.14. The van der Waals surface area contributed by atoms with Gasteiger partial charge in [0.05, 0.1) is 6.61 Å². The summed E-state index contributed by atoms with van der Waals surface area (Å²) in [7, 11) is 1.74. The van der Waals surface area contributed by atoms with E-state index in [0.717, 1.165) is 36.8 Å². The van der Waals surface area contributed by atoms with Crippen LogP contribution in [0.4, 0.5) is 0 Å². The van der Waals surface area contributed by atoms with Gasteiger partial charge in [-0.3, -0.25) is 0 Å². The van der Waals surface area contributed by atoms with Crippen LogP contribution in [0, 0.1) is 0 Å². The van der Waals surface area contributed by atoms with Gasteiger partial charge in [-0.25, -0.2) is 4.98 Å². The van der Waals surface area contributed by atoms with Crippen LogP contribution in [-0.4, -0.2) is 35.7 Å². The van der Waals surface area contributed by atoms with Gasteiger partial charge < -0.3 is 10.1 Å². The van der Waals surface area contributed by atoms with E-state index in [2.05, 4.69) is 35.4 Å². The third-order valence-corrected chi connectivity index (χ3v) is 3.22. The minimum atomic E-state index is 0.341. The summed E-state index contributed by atoms with van der Waals surface area (Å²) in [6, 6.07) is 0.341. The molecule has 1 rings (SSSR count). The van der Waals surface area contributed by atoms with E-state index in [-0.39, 0.29) is 0 Å². The first-order chi connectivity index (χ1) is 8.17. The number of hydrogen-bond donors (Lipinski definition) is 1. The Hall–Kier alpha value is -0.520. The topological polar surface area (TPSA) is 47.0 Å². The highest BCUT2D eigenvalue weighted by molar-refractivity contribution is 7.05. The summed E-state index contributed by atoms with van der Waals surface area (Å²) in [6.07, 6.45) is 2.03. The maximum Gasteiger partial charge on any atom is 0.145 e. The van der Waals surface area contributed by atoms with Crippen molar-refractivity contribution in [3.63, 3.8) is 0 Å². The molecule has 0 aliphatic heterocycles. The summed E-state index contributed by atoms with van der Waals surface area (Å²) in [4.78, 5) is 4.55. The third kappa shape index (κ3) is 5.10. The second-order valence-corrected chi connectivity index (χ2v) is 5.35. The van der Waals surface area contributed by atoms with Crippen molar-refractivity contribution in [1.82, 2.24) is 14.7 Å². The first kappa shape index (κ1) is 14.5. The second-order valence-electron chi connectivity index (χ2n) is 4.51. The molecule has 17 heavy (non-hydrogen) atoms. The zero-order valence-corrected chi connectivity index (χ0v) is 12.0. The second kappa shape index (κ2) is 7.74. The van der Waals surface area contributed by atoms with Gasteiger partial charge in [0.25, 0.3) is 0 Å². The Morgan fingerprint density at radius 2 is 2.18 bits per heavy atom. The molecule has 0 saturated heterocycles. The van der Waals surface area contributed by atoms with Gasteiger partial charge >= 0.3 is 0 Å². The van der Waals surface area contributed by atoms with Gasteiger partial charge in [0.2, 0.25) is 0 Å². The van der Waals surface area contributed by atoms with Crippen molar-refractivity contribution in [2.75, 3.05) is 20.3 Å². The first-order valence-corrected chi connectivity index (χ1v) is 6.99. The van der Waals surface area contributed by atoms with Crippen LogP contribution in [0.3, 0.4) is 0 Å². The Balaban J connectivity index is 2.52. The predicted molar refractivity (Wildman–Crippen MR) is 71.7 cm³/mol. The van der Waals surface area contributed by atoms with E-state index in [1.54, 1.807) is 7.11 Å². The lowest BCUT2D eigenvalue weighted by Gasteiger charge is -2.15. The molecule has 1 unspecified atom stereocenters. The highest BCUT2D eigenvalue weighted by Gasteiger charge is 2.13. The Kier molecular flexibility index (Phi) is 6.62. The third-order valence-electron chi connectivity index (χ3n) is 2.47. The SMILES string of the molecule is CCCNC(COC)Cc1nc(C(C)C)ns1. The molecule has 1 aromatic rings. The van der Waals surface area contributed by atoms with Crippen LogP contribution in [-0.2, 0) is 11.2 Å².